The van der Waals surface area contributed by atoms with Crippen molar-refractivity contribution in [2.75, 3.05) is 13.2 Å². The average Bonchev–Trinajstić information content (AvgIpc) is 2.13. The number of carboxylic acid groups (broad SMARTS) is 1. The van der Waals surface area contributed by atoms with Crippen molar-refractivity contribution >= 4 is 11.9 Å². The standard InChI is InChI=1S/C9H17NO4/c1-4-14-9(13)7(3)10-5-6(2)8(11)12/h6-7,10H,4-5H2,1-3H3,(H,11,12). The Morgan fingerprint density at radius 3 is 2.43 bits per heavy atom. The van der Waals surface area contributed by atoms with Crippen molar-refractivity contribution in [2.24, 2.45) is 5.92 Å². The van der Waals surface area contributed by atoms with E-state index in [1.54, 1.807) is 20.8 Å². The summed E-state index contributed by atoms with van der Waals surface area (Å²) >= 11 is 0. The first kappa shape index (κ1) is 12.9. The highest BCUT2D eigenvalue weighted by Gasteiger charge is 2.16. The van der Waals surface area contributed by atoms with Crippen LogP contribution in [0.15, 0.2) is 0 Å². The van der Waals surface area contributed by atoms with Gasteiger partial charge in [0, 0.05) is 6.54 Å². The molecule has 0 aromatic carbocycles. The molecule has 0 radical (unpaired) electrons. The van der Waals surface area contributed by atoms with Crippen molar-refractivity contribution in [3.05, 3.63) is 0 Å². The predicted molar refractivity (Wildman–Crippen MR) is 50.9 cm³/mol. The maximum atomic E-state index is 11.1. The smallest absolute Gasteiger partial charge is 0.322 e. The monoisotopic (exact) mass is 203 g/mol. The van der Waals surface area contributed by atoms with Gasteiger partial charge in [-0.2, -0.15) is 0 Å². The summed E-state index contributed by atoms with van der Waals surface area (Å²) in [7, 11) is 0. The molecule has 0 heterocycles. The molecule has 0 saturated carbocycles. The highest BCUT2D eigenvalue weighted by molar-refractivity contribution is 5.75. The van der Waals surface area contributed by atoms with Gasteiger partial charge in [0.15, 0.2) is 0 Å². The molecule has 82 valence electrons. The first-order chi connectivity index (χ1) is 6.49. The van der Waals surface area contributed by atoms with E-state index in [4.69, 9.17) is 9.84 Å². The van der Waals surface area contributed by atoms with Gasteiger partial charge < -0.3 is 15.2 Å². The number of carbonyl (C=O) groups excluding carboxylic acids is 1. The molecule has 0 aliphatic carbocycles. The summed E-state index contributed by atoms with van der Waals surface area (Å²) in [5.41, 5.74) is 0. The molecule has 0 bridgehead atoms. The van der Waals surface area contributed by atoms with E-state index in [0.717, 1.165) is 0 Å². The molecule has 0 aromatic heterocycles. The van der Waals surface area contributed by atoms with Crippen molar-refractivity contribution < 1.29 is 19.4 Å². The van der Waals surface area contributed by atoms with Gasteiger partial charge in [-0.1, -0.05) is 6.92 Å². The molecule has 2 atom stereocenters. The second kappa shape index (κ2) is 6.37. The Hall–Kier alpha value is -1.10. The van der Waals surface area contributed by atoms with E-state index in [1.807, 2.05) is 0 Å². The van der Waals surface area contributed by atoms with Crippen molar-refractivity contribution in [3.63, 3.8) is 0 Å². The van der Waals surface area contributed by atoms with E-state index < -0.39 is 17.9 Å². The SMILES string of the molecule is CCOC(=O)C(C)NCC(C)C(=O)O. The molecule has 0 saturated heterocycles. The van der Waals surface area contributed by atoms with Crippen LogP contribution in [-0.4, -0.2) is 36.2 Å². The molecule has 0 spiro atoms. The van der Waals surface area contributed by atoms with Crippen LogP contribution in [0.1, 0.15) is 20.8 Å². The highest BCUT2D eigenvalue weighted by atomic mass is 16.5. The van der Waals surface area contributed by atoms with Crippen LogP contribution in [0.3, 0.4) is 0 Å². The molecule has 0 amide bonds. The summed E-state index contributed by atoms with van der Waals surface area (Å²) in [5.74, 6) is -1.74. The maximum Gasteiger partial charge on any atom is 0.322 e. The molecule has 0 rings (SSSR count). The topological polar surface area (TPSA) is 75.6 Å². The van der Waals surface area contributed by atoms with Crippen LogP contribution in [0, 0.1) is 5.92 Å². The van der Waals surface area contributed by atoms with Crippen LogP contribution in [0.2, 0.25) is 0 Å². The average molecular weight is 203 g/mol. The minimum absolute atomic E-state index is 0.259. The van der Waals surface area contributed by atoms with E-state index in [1.165, 1.54) is 0 Å². The third kappa shape index (κ3) is 4.81. The third-order valence-electron chi connectivity index (χ3n) is 1.79. The Bertz CT molecular complexity index is 205. The van der Waals surface area contributed by atoms with Crippen molar-refractivity contribution in [3.8, 4) is 0 Å². The molecule has 5 heteroatoms. The van der Waals surface area contributed by atoms with Crippen LogP contribution in [0.25, 0.3) is 0 Å². The summed E-state index contributed by atoms with van der Waals surface area (Å²) < 4.78 is 4.75. The molecular weight excluding hydrogens is 186 g/mol. The fraction of sp³-hybridized carbons (Fsp3) is 0.778. The Morgan fingerprint density at radius 2 is 2.00 bits per heavy atom. The first-order valence-electron chi connectivity index (χ1n) is 4.61. The molecular formula is C9H17NO4. The van der Waals surface area contributed by atoms with Gasteiger partial charge in [-0.05, 0) is 13.8 Å². The molecule has 14 heavy (non-hydrogen) atoms. The summed E-state index contributed by atoms with van der Waals surface area (Å²) in [6.45, 7) is 5.54. The predicted octanol–water partition coefficient (Wildman–Crippen LogP) is 0.248. The van der Waals surface area contributed by atoms with Gasteiger partial charge in [0.1, 0.15) is 6.04 Å². The zero-order valence-corrected chi connectivity index (χ0v) is 8.74. The van der Waals surface area contributed by atoms with Crippen molar-refractivity contribution in [1.29, 1.82) is 0 Å². The number of hydrogen-bond acceptors (Lipinski definition) is 4. The molecule has 2 unspecified atom stereocenters. The quantitative estimate of drug-likeness (QED) is 0.605. The van der Waals surface area contributed by atoms with E-state index in [9.17, 15) is 9.59 Å². The third-order valence-corrected chi connectivity index (χ3v) is 1.79. The fourth-order valence-electron chi connectivity index (χ4n) is 0.791. The van der Waals surface area contributed by atoms with E-state index in [0.29, 0.717) is 6.61 Å². The fourth-order valence-corrected chi connectivity index (χ4v) is 0.791. The lowest BCUT2D eigenvalue weighted by Gasteiger charge is -2.14. The Kier molecular flexibility index (Phi) is 5.87. The lowest BCUT2D eigenvalue weighted by Crippen LogP contribution is -2.39. The zero-order valence-electron chi connectivity index (χ0n) is 8.74. The number of hydrogen-bond donors (Lipinski definition) is 2. The second-order valence-electron chi connectivity index (χ2n) is 3.12. The number of aliphatic carboxylic acids is 1. The first-order valence-corrected chi connectivity index (χ1v) is 4.61. The van der Waals surface area contributed by atoms with Gasteiger partial charge in [-0.15, -0.1) is 0 Å². The lowest BCUT2D eigenvalue weighted by molar-refractivity contribution is -0.146. The summed E-state index contributed by atoms with van der Waals surface area (Å²) in [6, 6.07) is -0.461. The minimum Gasteiger partial charge on any atom is -0.481 e. The van der Waals surface area contributed by atoms with E-state index in [-0.39, 0.29) is 12.5 Å². The minimum atomic E-state index is -0.881. The summed E-state index contributed by atoms with van der Waals surface area (Å²) in [4.78, 5) is 21.5. The maximum absolute atomic E-state index is 11.1. The number of carboxylic acids is 1. The van der Waals surface area contributed by atoms with Gasteiger partial charge in [-0.25, -0.2) is 0 Å². The van der Waals surface area contributed by atoms with Crippen LogP contribution in [0.5, 0.6) is 0 Å². The summed E-state index contributed by atoms with van der Waals surface area (Å²) in [5, 5.41) is 11.4. The van der Waals surface area contributed by atoms with Gasteiger partial charge in [-0.3, -0.25) is 9.59 Å². The number of esters is 1. The normalized spacial score (nSPS) is 14.5. The number of nitrogens with one attached hydrogen (secondary N) is 1. The lowest BCUT2D eigenvalue weighted by atomic mass is 10.2. The van der Waals surface area contributed by atoms with Crippen LogP contribution >= 0.6 is 0 Å². The van der Waals surface area contributed by atoms with Crippen LogP contribution < -0.4 is 5.32 Å². The molecule has 0 fully saturated rings. The Morgan fingerprint density at radius 1 is 1.43 bits per heavy atom. The number of rotatable bonds is 6. The largest absolute Gasteiger partial charge is 0.481 e. The van der Waals surface area contributed by atoms with E-state index in [2.05, 4.69) is 5.32 Å². The van der Waals surface area contributed by atoms with Gasteiger partial charge >= 0.3 is 11.9 Å². The molecule has 5 nitrogen and oxygen atoms in total. The molecule has 0 aromatic rings. The van der Waals surface area contributed by atoms with Crippen molar-refractivity contribution in [2.45, 2.75) is 26.8 Å². The zero-order chi connectivity index (χ0) is 11.1. The van der Waals surface area contributed by atoms with Crippen LogP contribution in [0.4, 0.5) is 0 Å². The number of ether oxygens (including phenoxy) is 1. The van der Waals surface area contributed by atoms with Gasteiger partial charge in [0.25, 0.3) is 0 Å². The molecule has 0 aliphatic heterocycles. The number of carbonyl (C=O) groups is 2. The van der Waals surface area contributed by atoms with Crippen molar-refractivity contribution in [1.82, 2.24) is 5.32 Å². The molecule has 2 N–H and O–H groups in total. The molecule has 0 aliphatic rings. The Labute approximate surface area is 83.4 Å². The highest BCUT2D eigenvalue weighted by Crippen LogP contribution is 1.94. The van der Waals surface area contributed by atoms with Crippen LogP contribution in [-0.2, 0) is 14.3 Å². The van der Waals surface area contributed by atoms with Gasteiger partial charge in [0.2, 0.25) is 0 Å². The van der Waals surface area contributed by atoms with Gasteiger partial charge in [0.05, 0.1) is 12.5 Å². The van der Waals surface area contributed by atoms with E-state index >= 15 is 0 Å². The summed E-state index contributed by atoms with van der Waals surface area (Å²) in [6.07, 6.45) is 0. The Balaban J connectivity index is 3.78. The second-order valence-corrected chi connectivity index (χ2v) is 3.12.